The standard InChI is InChI=1S/C6H5N3O2S/c1-11-5(10)4-7-8-6-9(4)2-3-12-6/h2-3H,1H3. The van der Waals surface area contributed by atoms with Gasteiger partial charge in [-0.1, -0.05) is 0 Å². The summed E-state index contributed by atoms with van der Waals surface area (Å²) in [5.74, 6) is -0.255. The van der Waals surface area contributed by atoms with Gasteiger partial charge in [0.05, 0.1) is 7.11 Å². The molecule has 2 heterocycles. The molecule has 0 aromatic carbocycles. The number of methoxy groups -OCH3 is 1. The zero-order chi connectivity index (χ0) is 8.55. The number of carbonyl (C=O) groups excluding carboxylic acids is 1. The van der Waals surface area contributed by atoms with E-state index in [2.05, 4.69) is 14.9 Å². The van der Waals surface area contributed by atoms with E-state index in [1.165, 1.54) is 18.4 Å². The lowest BCUT2D eigenvalue weighted by Crippen LogP contribution is -2.05. The van der Waals surface area contributed by atoms with Gasteiger partial charge in [-0.2, -0.15) is 0 Å². The third-order valence-electron chi connectivity index (χ3n) is 1.42. The number of hydrogen-bond acceptors (Lipinski definition) is 5. The van der Waals surface area contributed by atoms with Crippen molar-refractivity contribution in [3.05, 3.63) is 17.4 Å². The molecule has 0 saturated heterocycles. The van der Waals surface area contributed by atoms with Crippen LogP contribution in [0, 0.1) is 0 Å². The molecular weight excluding hydrogens is 178 g/mol. The minimum Gasteiger partial charge on any atom is -0.463 e. The van der Waals surface area contributed by atoms with Crippen molar-refractivity contribution >= 4 is 22.3 Å². The van der Waals surface area contributed by atoms with Gasteiger partial charge in [-0.25, -0.2) is 4.79 Å². The van der Waals surface area contributed by atoms with E-state index < -0.39 is 5.97 Å². The fraction of sp³-hybridized carbons (Fsp3) is 0.167. The van der Waals surface area contributed by atoms with E-state index in [1.54, 1.807) is 10.6 Å². The molecule has 0 saturated carbocycles. The van der Waals surface area contributed by atoms with Gasteiger partial charge in [0.2, 0.25) is 10.8 Å². The molecule has 0 aliphatic rings. The largest absolute Gasteiger partial charge is 0.463 e. The monoisotopic (exact) mass is 183 g/mol. The molecule has 2 aromatic rings. The first kappa shape index (κ1) is 7.23. The third kappa shape index (κ3) is 0.884. The van der Waals surface area contributed by atoms with E-state index in [-0.39, 0.29) is 5.82 Å². The molecule has 2 aromatic heterocycles. The topological polar surface area (TPSA) is 56.5 Å². The van der Waals surface area contributed by atoms with Gasteiger partial charge in [0.25, 0.3) is 0 Å². The van der Waals surface area contributed by atoms with Crippen LogP contribution in [-0.4, -0.2) is 27.7 Å². The normalized spacial score (nSPS) is 10.4. The molecule has 0 aliphatic carbocycles. The Morgan fingerprint density at radius 3 is 3.25 bits per heavy atom. The average molecular weight is 183 g/mol. The van der Waals surface area contributed by atoms with E-state index in [1.807, 2.05) is 5.38 Å². The second-order valence-corrected chi connectivity index (χ2v) is 2.94. The molecule has 5 nitrogen and oxygen atoms in total. The summed E-state index contributed by atoms with van der Waals surface area (Å²) in [4.78, 5) is 11.7. The summed E-state index contributed by atoms with van der Waals surface area (Å²) in [5, 5.41) is 9.28. The summed E-state index contributed by atoms with van der Waals surface area (Å²) in [7, 11) is 1.32. The zero-order valence-corrected chi connectivity index (χ0v) is 7.04. The van der Waals surface area contributed by atoms with Crippen molar-refractivity contribution in [3.8, 4) is 0 Å². The minimum atomic E-state index is -0.471. The highest BCUT2D eigenvalue weighted by Crippen LogP contribution is 2.10. The Morgan fingerprint density at radius 2 is 2.50 bits per heavy atom. The number of ether oxygens (including phenoxy) is 1. The van der Waals surface area contributed by atoms with E-state index in [4.69, 9.17) is 0 Å². The Morgan fingerprint density at radius 1 is 1.67 bits per heavy atom. The predicted octanol–water partition coefficient (Wildman–Crippen LogP) is 0.577. The Balaban J connectivity index is 2.61. The summed E-state index contributed by atoms with van der Waals surface area (Å²) in [6, 6.07) is 0. The summed E-state index contributed by atoms with van der Waals surface area (Å²) in [6.45, 7) is 0. The molecule has 0 aliphatic heterocycles. The number of carbonyl (C=O) groups is 1. The molecule has 0 radical (unpaired) electrons. The van der Waals surface area contributed by atoms with Crippen LogP contribution in [0.15, 0.2) is 11.6 Å². The number of fused-ring (bicyclic) bond motifs is 1. The van der Waals surface area contributed by atoms with Gasteiger partial charge in [0.15, 0.2) is 0 Å². The molecule has 62 valence electrons. The van der Waals surface area contributed by atoms with E-state index in [0.717, 1.165) is 0 Å². The lowest BCUT2D eigenvalue weighted by molar-refractivity contribution is 0.0585. The lowest BCUT2D eigenvalue weighted by atomic mass is 10.6. The maximum absolute atomic E-state index is 11.0. The zero-order valence-electron chi connectivity index (χ0n) is 6.22. The molecule has 12 heavy (non-hydrogen) atoms. The average Bonchev–Trinajstić information content (AvgIpc) is 2.62. The smallest absolute Gasteiger partial charge is 0.376 e. The van der Waals surface area contributed by atoms with Crippen molar-refractivity contribution in [3.63, 3.8) is 0 Å². The third-order valence-corrected chi connectivity index (χ3v) is 2.16. The summed E-state index contributed by atoms with van der Waals surface area (Å²) >= 11 is 1.42. The number of hydrogen-bond donors (Lipinski definition) is 0. The second kappa shape index (κ2) is 2.56. The van der Waals surface area contributed by atoms with Crippen LogP contribution >= 0.6 is 11.3 Å². The first-order valence-corrected chi connectivity index (χ1v) is 4.07. The molecule has 0 fully saturated rings. The van der Waals surface area contributed by atoms with Crippen LogP contribution in [0.4, 0.5) is 0 Å². The van der Waals surface area contributed by atoms with E-state index >= 15 is 0 Å². The summed E-state index contributed by atoms with van der Waals surface area (Å²) in [5.41, 5.74) is 0. The van der Waals surface area contributed by atoms with Crippen molar-refractivity contribution < 1.29 is 9.53 Å². The number of thiazole rings is 1. The summed E-state index contributed by atoms with van der Waals surface area (Å²) < 4.78 is 6.11. The first-order chi connectivity index (χ1) is 5.83. The van der Waals surface area contributed by atoms with Crippen molar-refractivity contribution in [1.82, 2.24) is 14.6 Å². The molecular formula is C6H5N3O2S. The number of rotatable bonds is 1. The highest BCUT2D eigenvalue weighted by atomic mass is 32.1. The van der Waals surface area contributed by atoms with Crippen LogP contribution in [0.2, 0.25) is 0 Å². The Kier molecular flexibility index (Phi) is 1.54. The predicted molar refractivity (Wildman–Crippen MR) is 42.2 cm³/mol. The molecule has 6 heteroatoms. The Labute approximate surface area is 71.6 Å². The number of esters is 1. The number of aromatic nitrogens is 3. The van der Waals surface area contributed by atoms with Crippen molar-refractivity contribution in [2.45, 2.75) is 0 Å². The second-order valence-electron chi connectivity index (χ2n) is 2.07. The van der Waals surface area contributed by atoms with Gasteiger partial charge in [-0.15, -0.1) is 21.5 Å². The van der Waals surface area contributed by atoms with Crippen molar-refractivity contribution in [2.24, 2.45) is 0 Å². The highest BCUT2D eigenvalue weighted by Gasteiger charge is 2.14. The SMILES string of the molecule is COC(=O)c1nnc2sccn12. The Bertz CT molecular complexity index is 419. The van der Waals surface area contributed by atoms with Crippen LogP contribution in [0.25, 0.3) is 4.96 Å². The molecule has 0 bridgehead atoms. The van der Waals surface area contributed by atoms with E-state index in [0.29, 0.717) is 4.96 Å². The molecule has 0 spiro atoms. The molecule has 0 N–H and O–H groups in total. The number of nitrogens with zero attached hydrogens (tertiary/aromatic N) is 3. The molecule has 2 rings (SSSR count). The Hall–Kier alpha value is -1.43. The van der Waals surface area contributed by atoms with Crippen LogP contribution in [-0.2, 0) is 4.74 Å². The maximum atomic E-state index is 11.0. The van der Waals surface area contributed by atoms with Gasteiger partial charge >= 0.3 is 5.97 Å². The van der Waals surface area contributed by atoms with E-state index in [9.17, 15) is 4.79 Å². The van der Waals surface area contributed by atoms with Crippen LogP contribution in [0.3, 0.4) is 0 Å². The van der Waals surface area contributed by atoms with Gasteiger partial charge < -0.3 is 4.74 Å². The fourth-order valence-corrected chi connectivity index (χ4v) is 1.53. The molecule has 0 atom stereocenters. The van der Waals surface area contributed by atoms with Gasteiger partial charge in [-0.3, -0.25) is 4.40 Å². The van der Waals surface area contributed by atoms with Gasteiger partial charge in [0.1, 0.15) is 0 Å². The van der Waals surface area contributed by atoms with Gasteiger partial charge in [0, 0.05) is 11.6 Å². The van der Waals surface area contributed by atoms with Crippen molar-refractivity contribution in [2.75, 3.05) is 7.11 Å². The quantitative estimate of drug-likeness (QED) is 0.607. The van der Waals surface area contributed by atoms with Crippen LogP contribution < -0.4 is 0 Å². The lowest BCUT2D eigenvalue weighted by Gasteiger charge is -1.92. The van der Waals surface area contributed by atoms with Gasteiger partial charge in [-0.05, 0) is 0 Å². The summed E-state index contributed by atoms with van der Waals surface area (Å²) in [6.07, 6.45) is 1.73. The van der Waals surface area contributed by atoms with Crippen LogP contribution in [0.1, 0.15) is 10.6 Å². The molecule has 0 unspecified atom stereocenters. The van der Waals surface area contributed by atoms with Crippen LogP contribution in [0.5, 0.6) is 0 Å². The fourth-order valence-electron chi connectivity index (χ4n) is 0.874. The maximum Gasteiger partial charge on any atom is 0.376 e. The highest BCUT2D eigenvalue weighted by molar-refractivity contribution is 7.15. The molecule has 0 amide bonds. The minimum absolute atomic E-state index is 0.216. The first-order valence-electron chi connectivity index (χ1n) is 3.19. The van der Waals surface area contributed by atoms with Crippen molar-refractivity contribution in [1.29, 1.82) is 0 Å².